The van der Waals surface area contributed by atoms with Crippen molar-refractivity contribution >= 4 is 22.6 Å². The molecule has 3 nitrogen and oxygen atoms in total. The Kier molecular flexibility index (Phi) is 2.81. The highest BCUT2D eigenvalue weighted by atomic mass is 35.5. The molecule has 17 heavy (non-hydrogen) atoms. The Labute approximate surface area is 106 Å². The van der Waals surface area contributed by atoms with Gasteiger partial charge in [-0.2, -0.15) is 0 Å². The number of benzene rings is 1. The molecular formula is C13H16ClN3. The van der Waals surface area contributed by atoms with Crippen LogP contribution in [-0.2, 0) is 13.5 Å². The second kappa shape index (κ2) is 4.31. The van der Waals surface area contributed by atoms with Crippen LogP contribution in [0.5, 0.6) is 0 Å². The van der Waals surface area contributed by atoms with E-state index < -0.39 is 0 Å². The van der Waals surface area contributed by atoms with Crippen LogP contribution < -0.4 is 5.32 Å². The number of hydrogen-bond acceptors (Lipinski definition) is 2. The zero-order chi connectivity index (χ0) is 11.8. The van der Waals surface area contributed by atoms with E-state index >= 15 is 0 Å². The van der Waals surface area contributed by atoms with Gasteiger partial charge in [0.1, 0.15) is 5.82 Å². The Morgan fingerprint density at radius 1 is 1.53 bits per heavy atom. The smallest absolute Gasteiger partial charge is 0.109 e. The first kappa shape index (κ1) is 11.1. The van der Waals surface area contributed by atoms with E-state index in [1.54, 1.807) is 0 Å². The summed E-state index contributed by atoms with van der Waals surface area (Å²) in [5.74, 6) is 1.89. The lowest BCUT2D eigenvalue weighted by Gasteiger charge is -2.07. The van der Waals surface area contributed by atoms with Gasteiger partial charge in [-0.25, -0.2) is 4.98 Å². The molecule has 4 heteroatoms. The zero-order valence-electron chi connectivity index (χ0n) is 9.91. The van der Waals surface area contributed by atoms with E-state index in [1.807, 2.05) is 18.2 Å². The summed E-state index contributed by atoms with van der Waals surface area (Å²) in [5, 5.41) is 4.17. The summed E-state index contributed by atoms with van der Waals surface area (Å²) < 4.78 is 2.17. The van der Waals surface area contributed by atoms with Crippen LogP contribution in [0.3, 0.4) is 0 Å². The largest absolute Gasteiger partial charge is 0.331 e. The Morgan fingerprint density at radius 2 is 2.41 bits per heavy atom. The molecule has 1 aliphatic rings. The van der Waals surface area contributed by atoms with Crippen molar-refractivity contribution in [2.75, 3.05) is 13.1 Å². The van der Waals surface area contributed by atoms with E-state index in [1.165, 1.54) is 6.42 Å². The van der Waals surface area contributed by atoms with Crippen molar-refractivity contribution in [2.24, 2.45) is 13.0 Å². The minimum Gasteiger partial charge on any atom is -0.331 e. The molecule has 0 radical (unpaired) electrons. The molecule has 1 fully saturated rings. The van der Waals surface area contributed by atoms with E-state index in [4.69, 9.17) is 16.6 Å². The van der Waals surface area contributed by atoms with Gasteiger partial charge in [0.25, 0.3) is 0 Å². The van der Waals surface area contributed by atoms with Crippen LogP contribution in [0.1, 0.15) is 12.2 Å². The number of hydrogen-bond donors (Lipinski definition) is 1. The lowest BCUT2D eigenvalue weighted by Crippen LogP contribution is -2.12. The number of imidazole rings is 1. The number of aromatic nitrogens is 2. The summed E-state index contributed by atoms with van der Waals surface area (Å²) in [6.45, 7) is 2.25. The fourth-order valence-corrected chi connectivity index (χ4v) is 2.71. The quantitative estimate of drug-likeness (QED) is 0.886. The van der Waals surface area contributed by atoms with Gasteiger partial charge in [0.15, 0.2) is 0 Å². The van der Waals surface area contributed by atoms with E-state index in [2.05, 4.69) is 16.9 Å². The van der Waals surface area contributed by atoms with E-state index in [-0.39, 0.29) is 0 Å². The fourth-order valence-electron chi connectivity index (χ4n) is 2.54. The maximum atomic E-state index is 6.02. The van der Waals surface area contributed by atoms with Gasteiger partial charge in [0.2, 0.25) is 0 Å². The topological polar surface area (TPSA) is 29.9 Å². The monoisotopic (exact) mass is 249 g/mol. The highest BCUT2D eigenvalue weighted by molar-refractivity contribution is 6.31. The molecule has 90 valence electrons. The van der Waals surface area contributed by atoms with Crippen molar-refractivity contribution in [1.29, 1.82) is 0 Å². The lowest BCUT2D eigenvalue weighted by atomic mass is 10.0. The van der Waals surface area contributed by atoms with Crippen LogP contribution in [0.4, 0.5) is 0 Å². The molecule has 0 bridgehead atoms. The van der Waals surface area contributed by atoms with Gasteiger partial charge in [-0.05, 0) is 43.6 Å². The van der Waals surface area contributed by atoms with Crippen molar-refractivity contribution in [3.05, 3.63) is 29.0 Å². The van der Waals surface area contributed by atoms with E-state index in [9.17, 15) is 0 Å². The summed E-state index contributed by atoms with van der Waals surface area (Å²) in [5.41, 5.74) is 2.16. The van der Waals surface area contributed by atoms with Crippen LogP contribution in [0.15, 0.2) is 18.2 Å². The minimum absolute atomic E-state index is 0.723. The molecular weight excluding hydrogens is 234 g/mol. The third-order valence-corrected chi connectivity index (χ3v) is 3.80. The van der Waals surface area contributed by atoms with Gasteiger partial charge < -0.3 is 9.88 Å². The molecule has 1 saturated heterocycles. The Morgan fingerprint density at radius 3 is 3.18 bits per heavy atom. The number of rotatable bonds is 2. The van der Waals surface area contributed by atoms with Gasteiger partial charge >= 0.3 is 0 Å². The van der Waals surface area contributed by atoms with Crippen molar-refractivity contribution < 1.29 is 0 Å². The summed E-state index contributed by atoms with van der Waals surface area (Å²) in [4.78, 5) is 4.69. The number of nitrogens with one attached hydrogen (secondary N) is 1. The third-order valence-electron chi connectivity index (χ3n) is 3.57. The zero-order valence-corrected chi connectivity index (χ0v) is 10.7. The number of nitrogens with zero attached hydrogens (tertiary/aromatic N) is 2. The van der Waals surface area contributed by atoms with Crippen molar-refractivity contribution in [3.8, 4) is 0 Å². The molecule has 1 aliphatic heterocycles. The van der Waals surface area contributed by atoms with Crippen molar-refractivity contribution in [1.82, 2.24) is 14.9 Å². The Hall–Kier alpha value is -1.06. The molecule has 3 rings (SSSR count). The molecule has 1 unspecified atom stereocenters. The molecule has 2 aromatic rings. The van der Waals surface area contributed by atoms with Crippen LogP contribution in [-0.4, -0.2) is 22.6 Å². The summed E-state index contributed by atoms with van der Waals surface area (Å²) in [6.07, 6.45) is 2.31. The lowest BCUT2D eigenvalue weighted by molar-refractivity contribution is 0.552. The molecule has 1 aromatic heterocycles. The Bertz CT molecular complexity index is 541. The van der Waals surface area contributed by atoms with Gasteiger partial charge in [0, 0.05) is 18.5 Å². The maximum absolute atomic E-state index is 6.02. The molecule has 1 N–H and O–H groups in total. The standard InChI is InChI=1S/C13H16ClN3/c1-17-12-7-10(14)2-3-11(12)16-13(17)6-9-4-5-15-8-9/h2-3,7,9,15H,4-6,8H2,1H3. The summed E-state index contributed by atoms with van der Waals surface area (Å²) in [6, 6.07) is 5.88. The maximum Gasteiger partial charge on any atom is 0.109 e. The van der Waals surface area contributed by atoms with Crippen molar-refractivity contribution in [3.63, 3.8) is 0 Å². The average Bonchev–Trinajstić information content (AvgIpc) is 2.91. The number of halogens is 1. The third kappa shape index (κ3) is 2.05. The molecule has 0 spiro atoms. The van der Waals surface area contributed by atoms with Gasteiger partial charge in [0.05, 0.1) is 11.0 Å². The summed E-state index contributed by atoms with van der Waals surface area (Å²) >= 11 is 6.02. The second-order valence-electron chi connectivity index (χ2n) is 4.78. The first-order valence-electron chi connectivity index (χ1n) is 6.05. The van der Waals surface area contributed by atoms with E-state index in [0.717, 1.165) is 47.3 Å². The highest BCUT2D eigenvalue weighted by Gasteiger charge is 2.18. The molecule has 0 saturated carbocycles. The number of fused-ring (bicyclic) bond motifs is 1. The number of aryl methyl sites for hydroxylation is 1. The molecule has 0 amide bonds. The fraction of sp³-hybridized carbons (Fsp3) is 0.462. The minimum atomic E-state index is 0.723. The predicted octanol–water partition coefficient (Wildman–Crippen LogP) is 2.38. The van der Waals surface area contributed by atoms with E-state index in [0.29, 0.717) is 0 Å². The molecule has 0 aliphatic carbocycles. The van der Waals surface area contributed by atoms with Crippen LogP contribution >= 0.6 is 11.6 Å². The van der Waals surface area contributed by atoms with Gasteiger partial charge in [-0.1, -0.05) is 11.6 Å². The summed E-state index contributed by atoms with van der Waals surface area (Å²) in [7, 11) is 2.07. The van der Waals surface area contributed by atoms with Crippen LogP contribution in [0, 0.1) is 5.92 Å². The Balaban J connectivity index is 1.96. The van der Waals surface area contributed by atoms with Gasteiger partial charge in [-0.3, -0.25) is 0 Å². The van der Waals surface area contributed by atoms with Crippen molar-refractivity contribution in [2.45, 2.75) is 12.8 Å². The molecule has 2 heterocycles. The first-order valence-corrected chi connectivity index (χ1v) is 6.43. The molecule has 1 atom stereocenters. The normalized spacial score (nSPS) is 20.2. The van der Waals surface area contributed by atoms with Crippen LogP contribution in [0.25, 0.3) is 11.0 Å². The van der Waals surface area contributed by atoms with Crippen LogP contribution in [0.2, 0.25) is 5.02 Å². The second-order valence-corrected chi connectivity index (χ2v) is 5.22. The van der Waals surface area contributed by atoms with Gasteiger partial charge in [-0.15, -0.1) is 0 Å². The predicted molar refractivity (Wildman–Crippen MR) is 70.4 cm³/mol. The SMILES string of the molecule is Cn1c(CC2CCNC2)nc2ccc(Cl)cc21. The first-order chi connectivity index (χ1) is 8.24. The molecule has 1 aromatic carbocycles. The average molecular weight is 250 g/mol. The highest BCUT2D eigenvalue weighted by Crippen LogP contribution is 2.22.